The molecular formula is C24H27N5O3. The van der Waals surface area contributed by atoms with Crippen LogP contribution in [0.15, 0.2) is 47.6 Å². The zero-order chi connectivity index (χ0) is 22.7. The summed E-state index contributed by atoms with van der Waals surface area (Å²) in [6.45, 7) is 4.55. The van der Waals surface area contributed by atoms with Crippen molar-refractivity contribution in [1.29, 1.82) is 0 Å². The van der Waals surface area contributed by atoms with Crippen LogP contribution in [0, 0.1) is 19.8 Å². The van der Waals surface area contributed by atoms with Crippen molar-refractivity contribution in [2.24, 2.45) is 11.0 Å². The number of carbonyl (C=O) groups excluding carboxylic acids is 1. The Bertz CT molecular complexity index is 1180. The molecule has 0 aliphatic carbocycles. The van der Waals surface area contributed by atoms with E-state index in [-0.39, 0.29) is 17.9 Å². The van der Waals surface area contributed by atoms with Crippen molar-refractivity contribution in [2.45, 2.75) is 19.9 Å². The third-order valence-electron chi connectivity index (χ3n) is 5.56. The molecule has 2 unspecified atom stereocenters. The minimum Gasteiger partial charge on any atom is -0.493 e. The van der Waals surface area contributed by atoms with E-state index in [0.717, 1.165) is 27.7 Å². The number of rotatable bonds is 6. The number of hydrazone groups is 1. The van der Waals surface area contributed by atoms with E-state index in [9.17, 15) is 4.79 Å². The summed E-state index contributed by atoms with van der Waals surface area (Å²) in [5.74, 6) is 1.11. The Labute approximate surface area is 187 Å². The van der Waals surface area contributed by atoms with Gasteiger partial charge in [-0.1, -0.05) is 17.7 Å². The summed E-state index contributed by atoms with van der Waals surface area (Å²) < 4.78 is 10.7. The maximum atomic E-state index is 12.9. The average Bonchev–Trinajstić information content (AvgIpc) is 3.26. The molecule has 3 N–H and O–H groups in total. The highest BCUT2D eigenvalue weighted by Gasteiger charge is 2.28. The lowest BCUT2D eigenvalue weighted by Crippen LogP contribution is -2.25. The summed E-state index contributed by atoms with van der Waals surface area (Å²) >= 11 is 0. The second-order valence-corrected chi connectivity index (χ2v) is 7.83. The lowest BCUT2D eigenvalue weighted by molar-refractivity contribution is 0.0956. The molecule has 0 saturated carbocycles. The number of nitrogens with one attached hydrogen (secondary N) is 3. The monoisotopic (exact) mass is 433 g/mol. The molecule has 8 nitrogen and oxygen atoms in total. The van der Waals surface area contributed by atoms with Gasteiger partial charge in [-0.3, -0.25) is 15.2 Å². The van der Waals surface area contributed by atoms with Crippen LogP contribution in [0.2, 0.25) is 0 Å². The Balaban J connectivity index is 1.51. The quantitative estimate of drug-likeness (QED) is 0.408. The molecule has 0 radical (unpaired) electrons. The van der Waals surface area contributed by atoms with Crippen LogP contribution in [-0.4, -0.2) is 37.9 Å². The number of ether oxygens (including phenoxy) is 2. The molecule has 1 aliphatic heterocycles. The molecule has 0 spiro atoms. The summed E-state index contributed by atoms with van der Waals surface area (Å²) in [5, 5.41) is 5.08. The highest BCUT2D eigenvalue weighted by Crippen LogP contribution is 2.32. The molecule has 2 atom stereocenters. The van der Waals surface area contributed by atoms with Crippen LogP contribution >= 0.6 is 0 Å². The lowest BCUT2D eigenvalue weighted by atomic mass is 9.95. The molecule has 166 valence electrons. The number of pyridine rings is 1. The number of fused-ring (bicyclic) bond motifs is 1. The van der Waals surface area contributed by atoms with E-state index in [1.807, 2.05) is 50.2 Å². The predicted molar refractivity (Wildman–Crippen MR) is 124 cm³/mol. The standard InChI is InChI=1S/C24H27N5O3/c1-14-5-7-20-18(9-14)19(10-15(2)27-20)24(30)29-26-13-17-12-25-28-23(17)16-6-8-21(31-3)22(11-16)32-4/h5-11,13,17,23,25,28H,12H2,1-4H3,(H,29,30)/b26-13+. The van der Waals surface area contributed by atoms with Crippen molar-refractivity contribution < 1.29 is 14.3 Å². The largest absolute Gasteiger partial charge is 0.493 e. The Morgan fingerprint density at radius 3 is 2.72 bits per heavy atom. The smallest absolute Gasteiger partial charge is 0.272 e. The van der Waals surface area contributed by atoms with Crippen molar-refractivity contribution in [2.75, 3.05) is 20.8 Å². The maximum absolute atomic E-state index is 12.9. The molecule has 1 saturated heterocycles. The number of amides is 1. The topological polar surface area (TPSA) is 96.9 Å². The lowest BCUT2D eigenvalue weighted by Gasteiger charge is -2.17. The number of hydrogen-bond donors (Lipinski definition) is 3. The number of aromatic nitrogens is 1. The molecule has 32 heavy (non-hydrogen) atoms. The van der Waals surface area contributed by atoms with Gasteiger partial charge in [-0.2, -0.15) is 5.10 Å². The van der Waals surface area contributed by atoms with Crippen molar-refractivity contribution >= 4 is 23.0 Å². The number of nitrogens with zero attached hydrogens (tertiary/aromatic N) is 2. The summed E-state index contributed by atoms with van der Waals surface area (Å²) in [4.78, 5) is 17.4. The number of aryl methyl sites for hydroxylation is 2. The molecule has 3 aromatic rings. The molecule has 8 heteroatoms. The number of carbonyl (C=O) groups is 1. The van der Waals surface area contributed by atoms with E-state index in [0.29, 0.717) is 23.6 Å². The van der Waals surface area contributed by atoms with E-state index in [1.54, 1.807) is 26.5 Å². The number of hydrogen-bond acceptors (Lipinski definition) is 7. The number of benzene rings is 2. The zero-order valence-electron chi connectivity index (χ0n) is 18.6. The first-order chi connectivity index (χ1) is 15.5. The summed E-state index contributed by atoms with van der Waals surface area (Å²) in [5.41, 5.74) is 13.3. The first-order valence-electron chi connectivity index (χ1n) is 10.4. The Hall–Kier alpha value is -3.49. The molecule has 2 heterocycles. The van der Waals surface area contributed by atoms with E-state index >= 15 is 0 Å². The first kappa shape index (κ1) is 21.7. The third-order valence-corrected chi connectivity index (χ3v) is 5.56. The highest BCUT2D eigenvalue weighted by atomic mass is 16.5. The van der Waals surface area contributed by atoms with Crippen LogP contribution in [-0.2, 0) is 0 Å². The van der Waals surface area contributed by atoms with Crippen molar-refractivity contribution in [3.05, 3.63) is 64.8 Å². The van der Waals surface area contributed by atoms with Gasteiger partial charge in [0.1, 0.15) is 0 Å². The maximum Gasteiger partial charge on any atom is 0.272 e. The summed E-state index contributed by atoms with van der Waals surface area (Å²) in [6, 6.07) is 13.5. The zero-order valence-corrected chi connectivity index (χ0v) is 18.6. The van der Waals surface area contributed by atoms with Gasteiger partial charge in [0, 0.05) is 29.8 Å². The van der Waals surface area contributed by atoms with Crippen molar-refractivity contribution in [1.82, 2.24) is 21.3 Å². The Morgan fingerprint density at radius 1 is 1.12 bits per heavy atom. The molecule has 2 aromatic carbocycles. The van der Waals surface area contributed by atoms with Gasteiger partial charge >= 0.3 is 0 Å². The van der Waals surface area contributed by atoms with Crippen LogP contribution in [0.25, 0.3) is 10.9 Å². The molecule has 4 rings (SSSR count). The van der Waals surface area contributed by atoms with Crippen LogP contribution in [0.5, 0.6) is 11.5 Å². The fourth-order valence-corrected chi connectivity index (χ4v) is 3.94. The van der Waals surface area contributed by atoms with E-state index < -0.39 is 0 Å². The van der Waals surface area contributed by atoms with E-state index in [4.69, 9.17) is 9.47 Å². The number of methoxy groups -OCH3 is 2. The predicted octanol–water partition coefficient (Wildman–Crippen LogP) is 3.05. The minimum atomic E-state index is -0.260. The Morgan fingerprint density at radius 2 is 1.94 bits per heavy atom. The van der Waals surface area contributed by atoms with E-state index in [1.165, 1.54) is 0 Å². The van der Waals surface area contributed by atoms with Crippen LogP contribution in [0.4, 0.5) is 0 Å². The average molecular weight is 434 g/mol. The first-order valence-corrected chi connectivity index (χ1v) is 10.4. The molecule has 0 bridgehead atoms. The van der Waals surface area contributed by atoms with Crippen molar-refractivity contribution in [3.8, 4) is 11.5 Å². The summed E-state index contributed by atoms with van der Waals surface area (Å²) in [7, 11) is 3.22. The van der Waals surface area contributed by atoms with Crippen LogP contribution in [0.1, 0.15) is 33.2 Å². The van der Waals surface area contributed by atoms with Gasteiger partial charge in [0.15, 0.2) is 11.5 Å². The normalized spacial score (nSPS) is 18.2. The fraction of sp³-hybridized carbons (Fsp3) is 0.292. The van der Waals surface area contributed by atoms with Gasteiger partial charge in [0.2, 0.25) is 0 Å². The second-order valence-electron chi connectivity index (χ2n) is 7.83. The van der Waals surface area contributed by atoms with Gasteiger partial charge in [-0.05, 0) is 49.7 Å². The minimum absolute atomic E-state index is 0.0258. The second kappa shape index (κ2) is 9.33. The van der Waals surface area contributed by atoms with Crippen LogP contribution < -0.4 is 25.8 Å². The molecule has 1 amide bonds. The van der Waals surface area contributed by atoms with Gasteiger partial charge in [0.05, 0.1) is 31.3 Å². The Kier molecular flexibility index (Phi) is 6.34. The molecule has 1 aromatic heterocycles. The van der Waals surface area contributed by atoms with Crippen molar-refractivity contribution in [3.63, 3.8) is 0 Å². The fourth-order valence-electron chi connectivity index (χ4n) is 3.94. The highest BCUT2D eigenvalue weighted by molar-refractivity contribution is 6.06. The van der Waals surface area contributed by atoms with Gasteiger partial charge in [0.25, 0.3) is 5.91 Å². The van der Waals surface area contributed by atoms with Crippen LogP contribution in [0.3, 0.4) is 0 Å². The molecule has 1 fully saturated rings. The third kappa shape index (κ3) is 4.42. The van der Waals surface area contributed by atoms with E-state index in [2.05, 4.69) is 26.4 Å². The van der Waals surface area contributed by atoms with Gasteiger partial charge in [-0.25, -0.2) is 10.9 Å². The SMILES string of the molecule is COc1ccc(C2NNCC2/C=N/NC(=O)c2cc(C)nc3ccc(C)cc23)cc1OC. The number of hydrazine groups is 1. The molecule has 1 aliphatic rings. The molecular weight excluding hydrogens is 406 g/mol. The summed E-state index contributed by atoms with van der Waals surface area (Å²) in [6.07, 6.45) is 1.76. The van der Waals surface area contributed by atoms with Gasteiger partial charge < -0.3 is 9.47 Å². The van der Waals surface area contributed by atoms with Gasteiger partial charge in [-0.15, -0.1) is 0 Å².